The lowest BCUT2D eigenvalue weighted by Crippen LogP contribution is -1.94. The van der Waals surface area contributed by atoms with Crippen molar-refractivity contribution in [3.05, 3.63) is 11.7 Å². The third kappa shape index (κ3) is 4.75. The Morgan fingerprint density at radius 1 is 1.19 bits per heavy atom. The molecule has 1 unspecified atom stereocenters. The second kappa shape index (κ2) is 7.39. The van der Waals surface area contributed by atoms with E-state index in [0.717, 1.165) is 12.8 Å². The van der Waals surface area contributed by atoms with Gasteiger partial charge in [-0.1, -0.05) is 44.2 Å². The Morgan fingerprint density at radius 3 is 2.50 bits per heavy atom. The van der Waals surface area contributed by atoms with Gasteiger partial charge < -0.3 is 9.63 Å². The fraction of sp³-hybridized carbons (Fsp3) is 0.833. The zero-order valence-electron chi connectivity index (χ0n) is 10.3. The summed E-state index contributed by atoms with van der Waals surface area (Å²) in [7, 11) is 0. The SMILES string of the molecule is CCCCCCCCc1nc(C(C)O)no1. The molecule has 1 heterocycles. The van der Waals surface area contributed by atoms with Crippen LogP contribution in [0.1, 0.15) is 70.2 Å². The molecule has 0 aliphatic carbocycles. The van der Waals surface area contributed by atoms with Gasteiger partial charge in [-0.2, -0.15) is 4.98 Å². The normalized spacial score (nSPS) is 12.9. The minimum absolute atomic E-state index is 0.390. The molecule has 4 nitrogen and oxygen atoms in total. The number of unbranched alkanes of at least 4 members (excludes halogenated alkanes) is 5. The van der Waals surface area contributed by atoms with Crippen molar-refractivity contribution >= 4 is 0 Å². The summed E-state index contributed by atoms with van der Waals surface area (Å²) >= 11 is 0. The van der Waals surface area contributed by atoms with Gasteiger partial charge in [0.05, 0.1) is 0 Å². The van der Waals surface area contributed by atoms with E-state index in [1.165, 1.54) is 32.1 Å². The largest absolute Gasteiger partial charge is 0.385 e. The van der Waals surface area contributed by atoms with Gasteiger partial charge in [0.2, 0.25) is 5.89 Å². The second-order valence-corrected chi connectivity index (χ2v) is 4.24. The van der Waals surface area contributed by atoms with Gasteiger partial charge in [0.25, 0.3) is 0 Å². The third-order valence-corrected chi connectivity index (χ3v) is 2.60. The number of aliphatic hydroxyl groups excluding tert-OH is 1. The molecule has 1 aromatic heterocycles. The molecular formula is C12H22N2O2. The van der Waals surface area contributed by atoms with Gasteiger partial charge in [0, 0.05) is 6.42 Å². The summed E-state index contributed by atoms with van der Waals surface area (Å²) in [6, 6.07) is 0. The Kier molecular flexibility index (Phi) is 6.08. The van der Waals surface area contributed by atoms with Crippen molar-refractivity contribution in [3.63, 3.8) is 0 Å². The van der Waals surface area contributed by atoms with Gasteiger partial charge >= 0.3 is 0 Å². The van der Waals surface area contributed by atoms with Crippen LogP contribution in [-0.4, -0.2) is 15.2 Å². The van der Waals surface area contributed by atoms with Crippen LogP contribution < -0.4 is 0 Å². The Morgan fingerprint density at radius 2 is 1.88 bits per heavy atom. The van der Waals surface area contributed by atoms with Crippen molar-refractivity contribution in [1.82, 2.24) is 10.1 Å². The second-order valence-electron chi connectivity index (χ2n) is 4.24. The van der Waals surface area contributed by atoms with E-state index in [2.05, 4.69) is 17.1 Å². The molecule has 0 fully saturated rings. The van der Waals surface area contributed by atoms with Crippen molar-refractivity contribution < 1.29 is 9.63 Å². The Bertz CT molecular complexity index is 284. The first-order valence-corrected chi connectivity index (χ1v) is 6.24. The minimum Gasteiger partial charge on any atom is -0.385 e. The summed E-state index contributed by atoms with van der Waals surface area (Å²) < 4.78 is 5.03. The lowest BCUT2D eigenvalue weighted by molar-refractivity contribution is 0.184. The number of aryl methyl sites for hydroxylation is 1. The molecule has 0 aromatic carbocycles. The minimum atomic E-state index is -0.637. The maximum atomic E-state index is 9.22. The van der Waals surface area contributed by atoms with Crippen LogP contribution in [0, 0.1) is 0 Å². The van der Waals surface area contributed by atoms with Crippen molar-refractivity contribution in [3.8, 4) is 0 Å². The first-order valence-electron chi connectivity index (χ1n) is 6.24. The molecular weight excluding hydrogens is 204 g/mol. The number of aliphatic hydroxyl groups is 1. The van der Waals surface area contributed by atoms with E-state index in [1.807, 2.05) is 0 Å². The zero-order chi connectivity index (χ0) is 11.8. The molecule has 0 aliphatic heterocycles. The average molecular weight is 226 g/mol. The van der Waals surface area contributed by atoms with E-state index in [0.29, 0.717) is 11.7 Å². The van der Waals surface area contributed by atoms with Crippen LogP contribution in [0.15, 0.2) is 4.52 Å². The molecule has 0 saturated heterocycles. The molecule has 0 saturated carbocycles. The molecule has 0 amide bonds. The standard InChI is InChI=1S/C12H22N2O2/c1-3-4-5-6-7-8-9-11-13-12(10(2)15)14-16-11/h10,15H,3-9H2,1-2H3. The first kappa shape index (κ1) is 13.2. The van der Waals surface area contributed by atoms with Crippen LogP contribution in [0.4, 0.5) is 0 Å². The van der Waals surface area contributed by atoms with Gasteiger partial charge in [-0.3, -0.25) is 0 Å². The molecule has 16 heavy (non-hydrogen) atoms. The van der Waals surface area contributed by atoms with Crippen LogP contribution in [-0.2, 0) is 6.42 Å². The van der Waals surface area contributed by atoms with Gasteiger partial charge in [-0.15, -0.1) is 0 Å². The fourth-order valence-electron chi connectivity index (χ4n) is 1.60. The summed E-state index contributed by atoms with van der Waals surface area (Å²) in [5.41, 5.74) is 0. The number of nitrogens with zero attached hydrogens (tertiary/aromatic N) is 2. The van der Waals surface area contributed by atoms with Crippen LogP contribution in [0.3, 0.4) is 0 Å². The van der Waals surface area contributed by atoms with E-state index in [1.54, 1.807) is 6.92 Å². The Hall–Kier alpha value is -0.900. The summed E-state index contributed by atoms with van der Waals surface area (Å²) in [6.45, 7) is 3.86. The van der Waals surface area contributed by atoms with Crippen LogP contribution in [0.25, 0.3) is 0 Å². The fourth-order valence-corrected chi connectivity index (χ4v) is 1.60. The molecule has 1 rings (SSSR count). The molecule has 0 radical (unpaired) electrons. The number of aromatic nitrogens is 2. The quantitative estimate of drug-likeness (QED) is 0.692. The van der Waals surface area contributed by atoms with Crippen molar-refractivity contribution in [2.45, 2.75) is 64.9 Å². The summed E-state index contributed by atoms with van der Waals surface area (Å²) in [5.74, 6) is 1.03. The van der Waals surface area contributed by atoms with Crippen molar-refractivity contribution in [2.75, 3.05) is 0 Å². The van der Waals surface area contributed by atoms with E-state index in [-0.39, 0.29) is 0 Å². The summed E-state index contributed by atoms with van der Waals surface area (Å²) in [5, 5.41) is 12.9. The van der Waals surface area contributed by atoms with Gasteiger partial charge in [0.1, 0.15) is 6.10 Å². The van der Waals surface area contributed by atoms with Gasteiger partial charge in [-0.25, -0.2) is 0 Å². The number of rotatable bonds is 8. The van der Waals surface area contributed by atoms with Crippen molar-refractivity contribution in [2.24, 2.45) is 0 Å². The molecule has 1 aromatic rings. The topological polar surface area (TPSA) is 59.2 Å². The first-order chi connectivity index (χ1) is 7.74. The molecule has 0 aliphatic rings. The van der Waals surface area contributed by atoms with Gasteiger partial charge in [-0.05, 0) is 13.3 Å². The average Bonchev–Trinajstić information content (AvgIpc) is 2.72. The van der Waals surface area contributed by atoms with Crippen LogP contribution in [0.2, 0.25) is 0 Å². The van der Waals surface area contributed by atoms with Crippen LogP contribution in [0.5, 0.6) is 0 Å². The molecule has 1 N–H and O–H groups in total. The maximum absolute atomic E-state index is 9.22. The lowest BCUT2D eigenvalue weighted by atomic mass is 10.1. The zero-order valence-corrected chi connectivity index (χ0v) is 10.3. The maximum Gasteiger partial charge on any atom is 0.226 e. The molecule has 0 bridgehead atoms. The molecule has 4 heteroatoms. The number of hydrogen-bond acceptors (Lipinski definition) is 4. The predicted octanol–water partition coefficient (Wildman–Crippen LogP) is 3.03. The highest BCUT2D eigenvalue weighted by Crippen LogP contribution is 2.11. The Balaban J connectivity index is 2.12. The smallest absolute Gasteiger partial charge is 0.226 e. The highest BCUT2D eigenvalue weighted by Gasteiger charge is 2.09. The van der Waals surface area contributed by atoms with Crippen molar-refractivity contribution in [1.29, 1.82) is 0 Å². The van der Waals surface area contributed by atoms with E-state index in [9.17, 15) is 5.11 Å². The predicted molar refractivity (Wildman–Crippen MR) is 62.0 cm³/mol. The van der Waals surface area contributed by atoms with Crippen LogP contribution >= 0.6 is 0 Å². The molecule has 0 spiro atoms. The third-order valence-electron chi connectivity index (χ3n) is 2.60. The summed E-state index contributed by atoms with van der Waals surface area (Å²) in [4.78, 5) is 4.12. The van der Waals surface area contributed by atoms with E-state index in [4.69, 9.17) is 4.52 Å². The number of hydrogen-bond donors (Lipinski definition) is 1. The lowest BCUT2D eigenvalue weighted by Gasteiger charge is -1.97. The molecule has 1 atom stereocenters. The summed E-state index contributed by atoms with van der Waals surface area (Å²) in [6.07, 6.45) is 7.70. The highest BCUT2D eigenvalue weighted by molar-refractivity contribution is 4.88. The van der Waals surface area contributed by atoms with E-state index >= 15 is 0 Å². The Labute approximate surface area is 97.1 Å². The monoisotopic (exact) mass is 226 g/mol. The highest BCUT2D eigenvalue weighted by atomic mass is 16.5. The van der Waals surface area contributed by atoms with E-state index < -0.39 is 6.10 Å². The molecule has 92 valence electrons. The van der Waals surface area contributed by atoms with Gasteiger partial charge in [0.15, 0.2) is 5.82 Å².